The maximum absolute atomic E-state index is 10.9. The van der Waals surface area contributed by atoms with Crippen LogP contribution in [0.15, 0.2) is 12.3 Å². The molecule has 1 aliphatic rings. The number of primary amides is 1. The fourth-order valence-corrected chi connectivity index (χ4v) is 1.26. The van der Waals surface area contributed by atoms with Crippen LogP contribution in [0, 0.1) is 0 Å². The highest BCUT2D eigenvalue weighted by atomic mass is 16.2. The minimum atomic E-state index is -0.372. The van der Waals surface area contributed by atoms with Gasteiger partial charge in [-0.05, 0) is 12.8 Å². The van der Waals surface area contributed by atoms with E-state index in [1.54, 1.807) is 5.01 Å². The first kappa shape index (κ1) is 8.90. The molecule has 0 atom stereocenters. The summed E-state index contributed by atoms with van der Waals surface area (Å²) in [5.74, 6) is 0. The molecule has 1 rings (SSSR count). The fourth-order valence-electron chi connectivity index (χ4n) is 1.26. The molecule has 0 radical (unpaired) electrons. The molecule has 0 bridgehead atoms. The maximum atomic E-state index is 10.9. The van der Waals surface area contributed by atoms with Gasteiger partial charge in [-0.1, -0.05) is 13.0 Å². The third kappa shape index (κ3) is 1.90. The molecule has 0 fully saturated rings. The molecule has 0 spiro atoms. The number of amides is 2. The molecule has 0 aromatic rings. The van der Waals surface area contributed by atoms with Crippen LogP contribution in [0.5, 0.6) is 0 Å². The summed E-state index contributed by atoms with van der Waals surface area (Å²) >= 11 is 0. The van der Waals surface area contributed by atoms with Crippen LogP contribution >= 0.6 is 0 Å². The van der Waals surface area contributed by atoms with Gasteiger partial charge in [0, 0.05) is 19.3 Å². The summed E-state index contributed by atoms with van der Waals surface area (Å²) in [4.78, 5) is 10.9. The molecule has 1 aliphatic heterocycles. The number of hydrazine groups is 1. The third-order valence-electron chi connectivity index (χ3n) is 1.80. The Hall–Kier alpha value is -1.19. The second-order valence-electron chi connectivity index (χ2n) is 2.80. The molecule has 0 aliphatic carbocycles. The number of carbonyl (C=O) groups excluding carboxylic acids is 1. The average Bonchev–Trinajstić information content (AvgIpc) is 2.51. The third-order valence-corrected chi connectivity index (χ3v) is 1.80. The standard InChI is InChI=1S/C8H15N3O/c1-2-5-11(8(9)12)10-6-3-4-7-10/h3,6H,2,4-5,7H2,1H3,(H2,9,12). The topological polar surface area (TPSA) is 49.6 Å². The van der Waals surface area contributed by atoms with E-state index in [-0.39, 0.29) is 6.03 Å². The first-order chi connectivity index (χ1) is 5.75. The highest BCUT2D eigenvalue weighted by Gasteiger charge is 2.16. The SMILES string of the molecule is CCCN(C(N)=O)N1C=CCC1. The van der Waals surface area contributed by atoms with Crippen LogP contribution in [0.4, 0.5) is 4.79 Å². The Morgan fingerprint density at radius 1 is 1.75 bits per heavy atom. The molecule has 0 saturated carbocycles. The van der Waals surface area contributed by atoms with Gasteiger partial charge in [-0.2, -0.15) is 0 Å². The normalized spacial score (nSPS) is 15.2. The molecule has 0 aromatic carbocycles. The summed E-state index contributed by atoms with van der Waals surface area (Å²) in [6.45, 7) is 3.58. The monoisotopic (exact) mass is 169 g/mol. The van der Waals surface area contributed by atoms with Gasteiger partial charge in [0.1, 0.15) is 0 Å². The smallest absolute Gasteiger partial charge is 0.333 e. The van der Waals surface area contributed by atoms with Crippen LogP contribution in [-0.2, 0) is 0 Å². The Balaban J connectivity index is 2.52. The predicted octanol–water partition coefficient (Wildman–Crippen LogP) is 0.912. The first-order valence-corrected chi connectivity index (χ1v) is 4.26. The molecule has 4 heteroatoms. The van der Waals surface area contributed by atoms with E-state index in [0.29, 0.717) is 6.54 Å². The lowest BCUT2D eigenvalue weighted by Crippen LogP contribution is -2.46. The van der Waals surface area contributed by atoms with Crippen molar-refractivity contribution >= 4 is 6.03 Å². The Labute approximate surface area is 72.6 Å². The van der Waals surface area contributed by atoms with Crippen molar-refractivity contribution in [3.63, 3.8) is 0 Å². The first-order valence-electron chi connectivity index (χ1n) is 4.26. The van der Waals surface area contributed by atoms with Crippen LogP contribution < -0.4 is 5.73 Å². The summed E-state index contributed by atoms with van der Waals surface area (Å²) in [6.07, 6.45) is 5.85. The minimum absolute atomic E-state index is 0.372. The van der Waals surface area contributed by atoms with E-state index >= 15 is 0 Å². The van der Waals surface area contributed by atoms with E-state index in [4.69, 9.17) is 5.73 Å². The van der Waals surface area contributed by atoms with Crippen molar-refractivity contribution in [1.29, 1.82) is 0 Å². The van der Waals surface area contributed by atoms with Crippen LogP contribution in [0.3, 0.4) is 0 Å². The van der Waals surface area contributed by atoms with Crippen molar-refractivity contribution in [1.82, 2.24) is 10.0 Å². The van der Waals surface area contributed by atoms with Crippen molar-refractivity contribution in [3.05, 3.63) is 12.3 Å². The lowest BCUT2D eigenvalue weighted by Gasteiger charge is -2.29. The molecule has 1 heterocycles. The Bertz CT molecular complexity index is 191. The summed E-state index contributed by atoms with van der Waals surface area (Å²) in [7, 11) is 0. The molecule has 2 amide bonds. The number of hydrogen-bond donors (Lipinski definition) is 1. The highest BCUT2D eigenvalue weighted by Crippen LogP contribution is 2.08. The molecule has 0 saturated heterocycles. The summed E-state index contributed by atoms with van der Waals surface area (Å²) < 4.78 is 0. The number of rotatable bonds is 3. The van der Waals surface area contributed by atoms with Crippen molar-refractivity contribution in [2.75, 3.05) is 13.1 Å². The van der Waals surface area contributed by atoms with Gasteiger partial charge in [-0.3, -0.25) is 5.01 Å². The van der Waals surface area contributed by atoms with E-state index in [2.05, 4.69) is 0 Å². The van der Waals surface area contributed by atoms with Gasteiger partial charge >= 0.3 is 6.03 Å². The van der Waals surface area contributed by atoms with E-state index in [1.165, 1.54) is 0 Å². The predicted molar refractivity (Wildman–Crippen MR) is 47.0 cm³/mol. The zero-order valence-electron chi connectivity index (χ0n) is 7.36. The molecule has 12 heavy (non-hydrogen) atoms. The Morgan fingerprint density at radius 3 is 2.92 bits per heavy atom. The molecule has 68 valence electrons. The molecular formula is C8H15N3O. The minimum Gasteiger partial charge on any atom is -0.350 e. The maximum Gasteiger partial charge on any atom is 0.333 e. The number of carbonyl (C=O) groups is 1. The molecule has 0 unspecified atom stereocenters. The van der Waals surface area contributed by atoms with Crippen LogP contribution in [0.25, 0.3) is 0 Å². The highest BCUT2D eigenvalue weighted by molar-refractivity contribution is 5.71. The zero-order chi connectivity index (χ0) is 8.97. The number of urea groups is 1. The lowest BCUT2D eigenvalue weighted by molar-refractivity contribution is 0.0728. The van der Waals surface area contributed by atoms with Gasteiger partial charge in [0.2, 0.25) is 0 Å². The summed E-state index contributed by atoms with van der Waals surface area (Å²) in [5.41, 5.74) is 5.21. The van der Waals surface area contributed by atoms with E-state index < -0.39 is 0 Å². The molecule has 0 aromatic heterocycles. The number of hydrogen-bond acceptors (Lipinski definition) is 2. The van der Waals surface area contributed by atoms with E-state index in [9.17, 15) is 4.79 Å². The van der Waals surface area contributed by atoms with Crippen LogP contribution in [0.2, 0.25) is 0 Å². The number of nitrogens with zero attached hydrogens (tertiary/aromatic N) is 2. The fraction of sp³-hybridized carbons (Fsp3) is 0.625. The van der Waals surface area contributed by atoms with Crippen LogP contribution in [0.1, 0.15) is 19.8 Å². The second kappa shape index (κ2) is 3.99. The van der Waals surface area contributed by atoms with Crippen molar-refractivity contribution < 1.29 is 4.79 Å². The average molecular weight is 169 g/mol. The van der Waals surface area contributed by atoms with Gasteiger partial charge in [-0.25, -0.2) is 9.80 Å². The van der Waals surface area contributed by atoms with Crippen molar-refractivity contribution in [3.8, 4) is 0 Å². The molecular weight excluding hydrogens is 154 g/mol. The zero-order valence-corrected chi connectivity index (χ0v) is 7.36. The molecule has 4 nitrogen and oxygen atoms in total. The van der Waals surface area contributed by atoms with Gasteiger partial charge in [0.15, 0.2) is 0 Å². The van der Waals surface area contributed by atoms with Crippen molar-refractivity contribution in [2.24, 2.45) is 5.73 Å². The van der Waals surface area contributed by atoms with E-state index in [0.717, 1.165) is 19.4 Å². The quantitative estimate of drug-likeness (QED) is 0.682. The van der Waals surface area contributed by atoms with E-state index in [1.807, 2.05) is 24.2 Å². The largest absolute Gasteiger partial charge is 0.350 e. The van der Waals surface area contributed by atoms with Crippen LogP contribution in [-0.4, -0.2) is 29.1 Å². The van der Waals surface area contributed by atoms with Gasteiger partial charge < -0.3 is 5.73 Å². The Kier molecular flexibility index (Phi) is 2.96. The summed E-state index contributed by atoms with van der Waals surface area (Å²) in [5, 5.41) is 3.44. The van der Waals surface area contributed by atoms with Gasteiger partial charge in [0.05, 0.1) is 0 Å². The van der Waals surface area contributed by atoms with Gasteiger partial charge in [0.25, 0.3) is 0 Å². The molecule has 2 N–H and O–H groups in total. The Morgan fingerprint density at radius 2 is 2.50 bits per heavy atom. The van der Waals surface area contributed by atoms with Gasteiger partial charge in [-0.15, -0.1) is 0 Å². The second-order valence-corrected chi connectivity index (χ2v) is 2.80. The lowest BCUT2D eigenvalue weighted by atomic mass is 10.4. The summed E-state index contributed by atoms with van der Waals surface area (Å²) in [6, 6.07) is -0.372. The number of nitrogens with two attached hydrogens (primary N) is 1. The van der Waals surface area contributed by atoms with Crippen molar-refractivity contribution in [2.45, 2.75) is 19.8 Å².